The van der Waals surface area contributed by atoms with Gasteiger partial charge in [-0.1, -0.05) is 19.6 Å². The van der Waals surface area contributed by atoms with Crippen LogP contribution in [0.2, 0.25) is 0 Å². The number of nitrogens with two attached hydrogens (primary N) is 1. The monoisotopic (exact) mass is 205 g/mol. The predicted molar refractivity (Wildman–Crippen MR) is 59.5 cm³/mol. The third-order valence-corrected chi connectivity index (χ3v) is 2.05. The van der Waals surface area contributed by atoms with Crippen molar-refractivity contribution in [2.45, 2.75) is 20.3 Å². The minimum Gasteiger partial charge on any atom is -0.399 e. The van der Waals surface area contributed by atoms with Crippen molar-refractivity contribution < 1.29 is 0 Å². The molecule has 0 aromatic carbocycles. The van der Waals surface area contributed by atoms with Crippen LogP contribution < -0.4 is 5.73 Å². The van der Waals surface area contributed by atoms with Gasteiger partial charge in [-0.2, -0.15) is 0 Å². The molecule has 0 atom stereocenters. The molecule has 0 saturated carbocycles. The van der Waals surface area contributed by atoms with Crippen molar-refractivity contribution in [3.05, 3.63) is 36.3 Å². The van der Waals surface area contributed by atoms with Gasteiger partial charge in [-0.15, -0.1) is 5.10 Å². The van der Waals surface area contributed by atoms with Crippen LogP contribution in [0.5, 0.6) is 0 Å². The van der Waals surface area contributed by atoms with Crippen LogP contribution in [-0.2, 0) is 0 Å². The Labute approximate surface area is 89.0 Å². The van der Waals surface area contributed by atoms with E-state index in [1.54, 1.807) is 0 Å². The van der Waals surface area contributed by atoms with Crippen molar-refractivity contribution in [3.63, 3.8) is 0 Å². The highest BCUT2D eigenvalue weighted by atomic mass is 15.5. The molecular formula is C10H15N5. The molecule has 0 fully saturated rings. The Morgan fingerprint density at radius 3 is 2.80 bits per heavy atom. The van der Waals surface area contributed by atoms with Gasteiger partial charge >= 0.3 is 0 Å². The molecule has 0 aliphatic carbocycles. The summed E-state index contributed by atoms with van der Waals surface area (Å²) in [5.74, 6) is 0. The van der Waals surface area contributed by atoms with Gasteiger partial charge < -0.3 is 5.73 Å². The van der Waals surface area contributed by atoms with E-state index in [1.165, 1.54) is 11.0 Å². The van der Waals surface area contributed by atoms with Crippen LogP contribution >= 0.6 is 0 Å². The first-order valence-electron chi connectivity index (χ1n) is 4.74. The van der Waals surface area contributed by atoms with E-state index in [-0.39, 0.29) is 0 Å². The molecular weight excluding hydrogens is 190 g/mol. The van der Waals surface area contributed by atoms with Crippen LogP contribution in [0.25, 0.3) is 5.70 Å². The molecule has 0 unspecified atom stereocenters. The van der Waals surface area contributed by atoms with Crippen molar-refractivity contribution in [3.8, 4) is 0 Å². The van der Waals surface area contributed by atoms with Crippen LogP contribution in [-0.4, -0.2) is 20.2 Å². The van der Waals surface area contributed by atoms with Crippen LogP contribution in [0.15, 0.2) is 36.3 Å². The Balaban J connectivity index is 2.94. The summed E-state index contributed by atoms with van der Waals surface area (Å²) in [7, 11) is 0. The molecule has 1 rings (SSSR count). The van der Waals surface area contributed by atoms with Gasteiger partial charge in [0, 0.05) is 5.70 Å². The summed E-state index contributed by atoms with van der Waals surface area (Å²) in [6.07, 6.45) is 6.05. The lowest BCUT2D eigenvalue weighted by Gasteiger charge is -2.07. The lowest BCUT2D eigenvalue weighted by Crippen LogP contribution is -2.02. The van der Waals surface area contributed by atoms with E-state index in [2.05, 4.69) is 22.1 Å². The van der Waals surface area contributed by atoms with Crippen LogP contribution in [0.4, 0.5) is 0 Å². The smallest absolute Gasteiger partial charge is 0.143 e. The van der Waals surface area contributed by atoms with E-state index in [0.717, 1.165) is 17.7 Å². The molecule has 1 aromatic rings. The lowest BCUT2D eigenvalue weighted by atomic mass is 10.1. The Bertz CT molecular complexity index is 386. The van der Waals surface area contributed by atoms with Crippen molar-refractivity contribution in [1.82, 2.24) is 20.2 Å². The summed E-state index contributed by atoms with van der Waals surface area (Å²) >= 11 is 0. The van der Waals surface area contributed by atoms with E-state index >= 15 is 0 Å². The number of rotatable bonds is 4. The fraction of sp³-hybridized carbons (Fsp3) is 0.300. The first-order chi connectivity index (χ1) is 7.19. The number of aromatic nitrogens is 4. The molecule has 15 heavy (non-hydrogen) atoms. The summed E-state index contributed by atoms with van der Waals surface area (Å²) in [5, 5.41) is 10.9. The molecule has 0 amide bonds. The Morgan fingerprint density at radius 1 is 1.60 bits per heavy atom. The maximum absolute atomic E-state index is 5.72. The second-order valence-corrected chi connectivity index (χ2v) is 3.01. The van der Waals surface area contributed by atoms with Gasteiger partial charge in [-0.3, -0.25) is 0 Å². The minimum atomic E-state index is 0.709. The summed E-state index contributed by atoms with van der Waals surface area (Å²) in [6, 6.07) is 0. The zero-order chi connectivity index (χ0) is 11.3. The topological polar surface area (TPSA) is 69.6 Å². The highest BCUT2D eigenvalue weighted by Gasteiger charge is 2.04. The van der Waals surface area contributed by atoms with Crippen molar-refractivity contribution in [2.75, 3.05) is 0 Å². The number of tetrazole rings is 1. The number of allylic oxidation sites excluding steroid dienone is 4. The summed E-state index contributed by atoms with van der Waals surface area (Å²) < 4.78 is 1.53. The Morgan fingerprint density at radius 2 is 2.33 bits per heavy atom. The SMILES string of the molecule is C=C(/C(=C\C(N)=C/C)CC)n1cnnn1. The zero-order valence-electron chi connectivity index (χ0n) is 9.01. The first kappa shape index (κ1) is 11.2. The average molecular weight is 205 g/mol. The molecule has 0 spiro atoms. The van der Waals surface area contributed by atoms with Gasteiger partial charge in [0.05, 0.1) is 5.70 Å². The normalized spacial score (nSPS) is 12.9. The molecule has 2 N–H and O–H groups in total. The summed E-state index contributed by atoms with van der Waals surface area (Å²) in [5.41, 5.74) is 8.19. The molecule has 1 aromatic heterocycles. The van der Waals surface area contributed by atoms with E-state index < -0.39 is 0 Å². The van der Waals surface area contributed by atoms with Gasteiger partial charge in [0.1, 0.15) is 6.33 Å². The third kappa shape index (κ3) is 2.77. The highest BCUT2D eigenvalue weighted by molar-refractivity contribution is 5.62. The second kappa shape index (κ2) is 5.09. The molecule has 5 nitrogen and oxygen atoms in total. The molecule has 0 aliphatic heterocycles. The predicted octanol–water partition coefficient (Wildman–Crippen LogP) is 1.34. The van der Waals surface area contributed by atoms with E-state index in [1.807, 2.05) is 26.0 Å². The van der Waals surface area contributed by atoms with Gasteiger partial charge in [-0.05, 0) is 35.4 Å². The summed E-state index contributed by atoms with van der Waals surface area (Å²) in [6.45, 7) is 7.84. The zero-order valence-corrected chi connectivity index (χ0v) is 9.01. The second-order valence-electron chi connectivity index (χ2n) is 3.01. The van der Waals surface area contributed by atoms with Crippen LogP contribution in [0.1, 0.15) is 20.3 Å². The van der Waals surface area contributed by atoms with Crippen molar-refractivity contribution in [2.24, 2.45) is 5.73 Å². The van der Waals surface area contributed by atoms with Gasteiger partial charge in [0.15, 0.2) is 0 Å². The molecule has 0 saturated heterocycles. The quantitative estimate of drug-likeness (QED) is 0.753. The van der Waals surface area contributed by atoms with Gasteiger partial charge in [0.2, 0.25) is 0 Å². The fourth-order valence-electron chi connectivity index (χ4n) is 1.11. The number of hydrogen-bond donors (Lipinski definition) is 1. The molecule has 1 heterocycles. The molecule has 0 aliphatic rings. The maximum atomic E-state index is 5.72. The van der Waals surface area contributed by atoms with E-state index in [0.29, 0.717) is 5.70 Å². The lowest BCUT2D eigenvalue weighted by molar-refractivity contribution is 0.798. The molecule has 5 heteroatoms. The Kier molecular flexibility index (Phi) is 3.79. The maximum Gasteiger partial charge on any atom is 0.143 e. The number of hydrogen-bond acceptors (Lipinski definition) is 4. The largest absolute Gasteiger partial charge is 0.399 e. The average Bonchev–Trinajstić information content (AvgIpc) is 2.77. The minimum absolute atomic E-state index is 0.709. The Hall–Kier alpha value is -1.91. The van der Waals surface area contributed by atoms with Crippen LogP contribution in [0, 0.1) is 0 Å². The van der Waals surface area contributed by atoms with Gasteiger partial charge in [0.25, 0.3) is 0 Å². The standard InChI is InChI=1S/C10H15N5/c1-4-9(6-10(11)5-2)8(3)15-7-12-13-14-15/h5-7H,3-4,11H2,1-2H3/b9-6-,10-5+. The molecule has 0 bridgehead atoms. The summed E-state index contributed by atoms with van der Waals surface area (Å²) in [4.78, 5) is 0. The number of nitrogens with zero attached hydrogens (tertiary/aromatic N) is 4. The third-order valence-electron chi connectivity index (χ3n) is 2.05. The molecule has 80 valence electrons. The van der Waals surface area contributed by atoms with Crippen molar-refractivity contribution in [1.29, 1.82) is 0 Å². The van der Waals surface area contributed by atoms with E-state index in [9.17, 15) is 0 Å². The first-order valence-corrected chi connectivity index (χ1v) is 4.74. The van der Waals surface area contributed by atoms with E-state index in [4.69, 9.17) is 5.73 Å². The van der Waals surface area contributed by atoms with Crippen molar-refractivity contribution >= 4 is 5.70 Å². The van der Waals surface area contributed by atoms with Gasteiger partial charge in [-0.25, -0.2) is 4.68 Å². The highest BCUT2D eigenvalue weighted by Crippen LogP contribution is 2.16. The van der Waals surface area contributed by atoms with Crippen LogP contribution in [0.3, 0.4) is 0 Å². The fourth-order valence-corrected chi connectivity index (χ4v) is 1.11. The molecule has 0 radical (unpaired) electrons.